The highest BCUT2D eigenvalue weighted by Crippen LogP contribution is 2.14. The minimum Gasteiger partial charge on any atom is -0.326 e. The van der Waals surface area contributed by atoms with Crippen LogP contribution in [0.5, 0.6) is 0 Å². The number of rotatable bonds is 8. The molecule has 3 aromatic carbocycles. The summed E-state index contributed by atoms with van der Waals surface area (Å²) in [4.78, 5) is 38.7. The molecule has 0 aliphatic rings. The van der Waals surface area contributed by atoms with E-state index in [4.69, 9.17) is 0 Å². The van der Waals surface area contributed by atoms with Crippen molar-refractivity contribution in [3.8, 4) is 0 Å². The van der Waals surface area contributed by atoms with Gasteiger partial charge in [-0.3, -0.25) is 18.7 Å². The van der Waals surface area contributed by atoms with Crippen LogP contribution in [0.2, 0.25) is 0 Å². The first-order chi connectivity index (χ1) is 16.4. The number of benzene rings is 3. The van der Waals surface area contributed by atoms with Gasteiger partial charge in [0.05, 0.1) is 17.4 Å². The number of para-hydroxylation sites is 1. The van der Waals surface area contributed by atoms with Crippen molar-refractivity contribution in [1.29, 1.82) is 0 Å². The average molecular weight is 456 g/mol. The van der Waals surface area contributed by atoms with E-state index < -0.39 is 0 Å². The molecule has 0 spiro atoms. The molecule has 174 valence electrons. The standard InChI is InChI=1S/C28H29N3O3/c1-20-14-16-23(17-15-20)29-26(32)13-7-8-18-30-27(33)24-11-5-6-12-25(24)31(28(30)34)19-22-10-4-3-9-21(22)2/h3-6,9-12,14-17H,7-8,13,18-19H2,1-2H3,(H,29,32). The summed E-state index contributed by atoms with van der Waals surface area (Å²) in [5.41, 5.74) is 4.05. The third-order valence-corrected chi connectivity index (χ3v) is 6.09. The Hall–Kier alpha value is -3.93. The molecule has 0 aliphatic carbocycles. The van der Waals surface area contributed by atoms with E-state index in [2.05, 4.69) is 5.32 Å². The predicted molar refractivity (Wildman–Crippen MR) is 136 cm³/mol. The number of anilines is 1. The minimum atomic E-state index is -0.323. The van der Waals surface area contributed by atoms with Crippen LogP contribution in [0.15, 0.2) is 82.4 Å². The Kier molecular flexibility index (Phi) is 7.07. The molecule has 0 fully saturated rings. The number of fused-ring (bicyclic) bond motifs is 1. The van der Waals surface area contributed by atoms with Crippen LogP contribution < -0.4 is 16.6 Å². The second-order valence-electron chi connectivity index (χ2n) is 8.64. The Morgan fingerprint density at radius 3 is 2.29 bits per heavy atom. The summed E-state index contributed by atoms with van der Waals surface area (Å²) >= 11 is 0. The van der Waals surface area contributed by atoms with Crippen molar-refractivity contribution in [1.82, 2.24) is 9.13 Å². The topological polar surface area (TPSA) is 73.1 Å². The van der Waals surface area contributed by atoms with E-state index >= 15 is 0 Å². The molecule has 0 aliphatic heterocycles. The molecule has 1 amide bonds. The summed E-state index contributed by atoms with van der Waals surface area (Å²) in [6, 6.07) is 22.8. The summed E-state index contributed by atoms with van der Waals surface area (Å²) in [6.07, 6.45) is 1.46. The number of nitrogens with zero attached hydrogens (tertiary/aromatic N) is 2. The summed E-state index contributed by atoms with van der Waals surface area (Å²) in [5, 5.41) is 3.40. The quantitative estimate of drug-likeness (QED) is 0.394. The van der Waals surface area contributed by atoms with Crippen LogP contribution in [0.3, 0.4) is 0 Å². The molecule has 4 rings (SSSR count). The number of hydrogen-bond acceptors (Lipinski definition) is 3. The van der Waals surface area contributed by atoms with Gasteiger partial charge in [-0.2, -0.15) is 0 Å². The van der Waals surface area contributed by atoms with Crippen LogP contribution in [0.1, 0.15) is 36.0 Å². The first-order valence-corrected chi connectivity index (χ1v) is 11.6. The molecule has 0 saturated carbocycles. The first kappa shape index (κ1) is 23.2. The van der Waals surface area contributed by atoms with E-state index in [-0.39, 0.29) is 23.7 Å². The highest BCUT2D eigenvalue weighted by Gasteiger charge is 2.14. The molecule has 1 heterocycles. The van der Waals surface area contributed by atoms with E-state index in [1.54, 1.807) is 10.6 Å². The maximum Gasteiger partial charge on any atom is 0.331 e. The molecule has 0 radical (unpaired) electrons. The van der Waals surface area contributed by atoms with E-state index in [0.717, 1.165) is 22.4 Å². The number of aromatic nitrogens is 2. The smallest absolute Gasteiger partial charge is 0.326 e. The zero-order valence-corrected chi connectivity index (χ0v) is 19.6. The third kappa shape index (κ3) is 5.17. The van der Waals surface area contributed by atoms with Crippen molar-refractivity contribution in [3.63, 3.8) is 0 Å². The van der Waals surface area contributed by atoms with E-state index in [1.807, 2.05) is 80.6 Å². The lowest BCUT2D eigenvalue weighted by atomic mass is 10.1. The molecular formula is C28H29N3O3. The van der Waals surface area contributed by atoms with Gasteiger partial charge in [0, 0.05) is 18.7 Å². The van der Waals surface area contributed by atoms with Crippen LogP contribution in [0.25, 0.3) is 10.9 Å². The molecule has 1 aromatic heterocycles. The van der Waals surface area contributed by atoms with Gasteiger partial charge in [-0.15, -0.1) is 0 Å². The second kappa shape index (κ2) is 10.3. The molecule has 0 atom stereocenters. The van der Waals surface area contributed by atoms with E-state index in [0.29, 0.717) is 36.7 Å². The van der Waals surface area contributed by atoms with Crippen molar-refractivity contribution >= 4 is 22.5 Å². The number of carbonyl (C=O) groups excluding carboxylic acids is 1. The number of nitrogens with one attached hydrogen (secondary N) is 1. The van der Waals surface area contributed by atoms with Crippen LogP contribution >= 0.6 is 0 Å². The fourth-order valence-corrected chi connectivity index (χ4v) is 4.09. The fourth-order valence-electron chi connectivity index (χ4n) is 4.09. The molecule has 0 bridgehead atoms. The molecule has 34 heavy (non-hydrogen) atoms. The number of carbonyl (C=O) groups is 1. The molecule has 6 heteroatoms. The maximum atomic E-state index is 13.4. The fraction of sp³-hybridized carbons (Fsp3) is 0.250. The Morgan fingerprint density at radius 1 is 0.824 bits per heavy atom. The highest BCUT2D eigenvalue weighted by atomic mass is 16.2. The summed E-state index contributed by atoms with van der Waals surface area (Å²) in [5.74, 6) is -0.0772. The monoisotopic (exact) mass is 455 g/mol. The summed E-state index contributed by atoms with van der Waals surface area (Å²) < 4.78 is 2.97. The Bertz CT molecular complexity index is 1430. The van der Waals surface area contributed by atoms with Gasteiger partial charge in [-0.25, -0.2) is 4.79 Å². The van der Waals surface area contributed by atoms with Crippen molar-refractivity contribution in [2.24, 2.45) is 0 Å². The predicted octanol–water partition coefficient (Wildman–Crippen LogP) is 4.64. The van der Waals surface area contributed by atoms with Crippen LogP contribution in [0, 0.1) is 13.8 Å². The van der Waals surface area contributed by atoms with Gasteiger partial charge in [0.15, 0.2) is 0 Å². The maximum absolute atomic E-state index is 13.4. The lowest BCUT2D eigenvalue weighted by Gasteiger charge is -2.15. The average Bonchev–Trinajstić information content (AvgIpc) is 2.84. The zero-order valence-electron chi connectivity index (χ0n) is 19.6. The molecular weight excluding hydrogens is 426 g/mol. The largest absolute Gasteiger partial charge is 0.331 e. The second-order valence-corrected chi connectivity index (χ2v) is 8.64. The SMILES string of the molecule is Cc1ccc(NC(=O)CCCCn2c(=O)c3ccccc3n(Cc3ccccc3C)c2=O)cc1. The lowest BCUT2D eigenvalue weighted by molar-refractivity contribution is -0.116. The number of amides is 1. The van der Waals surface area contributed by atoms with Gasteiger partial charge in [-0.1, -0.05) is 54.1 Å². The summed E-state index contributed by atoms with van der Waals surface area (Å²) in [7, 11) is 0. The Balaban J connectivity index is 1.50. The van der Waals surface area contributed by atoms with Crippen LogP contribution in [-0.2, 0) is 17.9 Å². The zero-order chi connectivity index (χ0) is 24.1. The van der Waals surface area contributed by atoms with Gasteiger partial charge in [0.2, 0.25) is 5.91 Å². The van der Waals surface area contributed by atoms with Gasteiger partial charge >= 0.3 is 5.69 Å². The van der Waals surface area contributed by atoms with Crippen molar-refractivity contribution in [2.45, 2.75) is 46.2 Å². The van der Waals surface area contributed by atoms with Crippen LogP contribution in [-0.4, -0.2) is 15.0 Å². The van der Waals surface area contributed by atoms with Gasteiger partial charge in [0.1, 0.15) is 0 Å². The van der Waals surface area contributed by atoms with E-state index in [1.165, 1.54) is 4.57 Å². The van der Waals surface area contributed by atoms with Gasteiger partial charge < -0.3 is 5.32 Å². The lowest BCUT2D eigenvalue weighted by Crippen LogP contribution is -2.40. The number of unbranched alkanes of at least 4 members (excludes halogenated alkanes) is 1. The van der Waals surface area contributed by atoms with Crippen molar-refractivity contribution < 1.29 is 4.79 Å². The molecule has 6 nitrogen and oxygen atoms in total. The van der Waals surface area contributed by atoms with E-state index in [9.17, 15) is 14.4 Å². The Labute approximate surface area is 198 Å². The third-order valence-electron chi connectivity index (χ3n) is 6.09. The van der Waals surface area contributed by atoms with Crippen molar-refractivity contribution in [3.05, 3.63) is 110 Å². The normalized spacial score (nSPS) is 11.0. The molecule has 0 unspecified atom stereocenters. The Morgan fingerprint density at radius 2 is 1.53 bits per heavy atom. The summed E-state index contributed by atoms with van der Waals surface area (Å²) in [6.45, 7) is 4.68. The van der Waals surface area contributed by atoms with Crippen molar-refractivity contribution in [2.75, 3.05) is 5.32 Å². The number of hydrogen-bond donors (Lipinski definition) is 1. The molecule has 4 aromatic rings. The molecule has 0 saturated heterocycles. The first-order valence-electron chi connectivity index (χ1n) is 11.6. The van der Waals surface area contributed by atoms with Crippen LogP contribution in [0.4, 0.5) is 5.69 Å². The van der Waals surface area contributed by atoms with Gasteiger partial charge in [0.25, 0.3) is 5.56 Å². The number of aryl methyl sites for hydroxylation is 2. The highest BCUT2D eigenvalue weighted by molar-refractivity contribution is 5.90. The minimum absolute atomic E-state index is 0.0772. The molecule has 1 N–H and O–H groups in total. The van der Waals surface area contributed by atoms with Gasteiger partial charge in [-0.05, 0) is 62.1 Å².